The first kappa shape index (κ1) is 30.7. The Morgan fingerprint density at radius 3 is 2.76 bits per heavy atom. The van der Waals surface area contributed by atoms with Crippen molar-refractivity contribution in [3.63, 3.8) is 0 Å². The molecule has 0 aromatic heterocycles. The van der Waals surface area contributed by atoms with E-state index in [1.54, 1.807) is 7.11 Å². The molecule has 0 spiro atoms. The molecule has 7 nitrogen and oxygen atoms in total. The number of hydrogen-bond donors (Lipinski definition) is 1. The van der Waals surface area contributed by atoms with Crippen LogP contribution >= 0.6 is 23.2 Å². The molecule has 1 N–H and O–H groups in total. The maximum Gasteiger partial charge on any atom is 0.307 e. The van der Waals surface area contributed by atoms with Crippen LogP contribution < -0.4 is 19.5 Å². The summed E-state index contributed by atoms with van der Waals surface area (Å²) in [6.45, 7) is 6.28. The number of carbonyl (C=O) groups is 1. The van der Waals surface area contributed by atoms with Crippen LogP contribution in [0.4, 0.5) is 0 Å². The number of hydrogen-bond acceptors (Lipinski definition) is 7. The van der Waals surface area contributed by atoms with Crippen molar-refractivity contribution in [2.45, 2.75) is 51.1 Å². The Hall–Kier alpha value is -2.71. The van der Waals surface area contributed by atoms with E-state index in [-0.39, 0.29) is 17.9 Å². The van der Waals surface area contributed by atoms with Crippen LogP contribution in [0.15, 0.2) is 53.6 Å². The molecule has 2 aromatic rings. The van der Waals surface area contributed by atoms with E-state index < -0.39 is 0 Å². The van der Waals surface area contributed by atoms with E-state index in [2.05, 4.69) is 42.4 Å². The highest BCUT2D eigenvalue weighted by molar-refractivity contribution is 6.33. The summed E-state index contributed by atoms with van der Waals surface area (Å²) in [4.78, 5) is 13.8. The maximum absolute atomic E-state index is 11.4. The van der Waals surface area contributed by atoms with Gasteiger partial charge in [0.25, 0.3) is 0 Å². The number of allylic oxidation sites excluding steroid dienone is 2. The molecule has 2 heterocycles. The number of ether oxygens (including phenoxy) is 4. The van der Waals surface area contributed by atoms with Gasteiger partial charge in [-0.25, -0.2) is 0 Å². The van der Waals surface area contributed by atoms with Crippen molar-refractivity contribution in [1.29, 1.82) is 0 Å². The van der Waals surface area contributed by atoms with Crippen molar-refractivity contribution in [2.75, 3.05) is 47.1 Å². The zero-order valence-corrected chi connectivity index (χ0v) is 26.1. The molecule has 0 bridgehead atoms. The van der Waals surface area contributed by atoms with Crippen LogP contribution in [0.25, 0.3) is 0 Å². The fourth-order valence-corrected chi connectivity index (χ4v) is 6.55. The van der Waals surface area contributed by atoms with Gasteiger partial charge in [0.1, 0.15) is 30.5 Å². The lowest BCUT2D eigenvalue weighted by Crippen LogP contribution is -2.34. The molecule has 9 heteroatoms. The summed E-state index contributed by atoms with van der Waals surface area (Å²) in [7, 11) is 3.79. The van der Waals surface area contributed by atoms with E-state index >= 15 is 0 Å². The first-order chi connectivity index (χ1) is 20.3. The molecule has 0 radical (unpaired) electrons. The number of nitrogens with zero attached hydrogens (tertiary/aromatic N) is 1. The number of likely N-dealkylation sites (tertiary alicyclic amines) is 1. The van der Waals surface area contributed by atoms with Gasteiger partial charge in [-0.05, 0) is 63.0 Å². The standard InChI is InChI=1S/C33H40Cl2N2O5/c1-21-23(19-41-31-15-30(39-3)24(13-28(31)34)16-36-25-14-32(38)42-20-25)8-4-9-26(21)27-10-5-11-29(33(27)35)40-18-22-7-6-12-37(2)17-22/h4-5,8,10-11,13,15,22,25-26,36H,6-7,9,12,14,16-20H2,1-3H3/t22?,25-,26?/m0/s1. The van der Waals surface area contributed by atoms with E-state index in [0.717, 1.165) is 42.0 Å². The minimum Gasteiger partial charge on any atom is -0.496 e. The van der Waals surface area contributed by atoms with Gasteiger partial charge in [0, 0.05) is 36.6 Å². The van der Waals surface area contributed by atoms with Gasteiger partial charge in [0.2, 0.25) is 0 Å². The Morgan fingerprint density at radius 2 is 2.00 bits per heavy atom. The molecule has 3 atom stereocenters. The van der Waals surface area contributed by atoms with Crippen molar-refractivity contribution in [1.82, 2.24) is 10.2 Å². The molecule has 42 heavy (non-hydrogen) atoms. The summed E-state index contributed by atoms with van der Waals surface area (Å²) in [5, 5.41) is 4.52. The van der Waals surface area contributed by atoms with Gasteiger partial charge in [-0.1, -0.05) is 53.1 Å². The zero-order chi connectivity index (χ0) is 29.6. The third kappa shape index (κ3) is 7.43. The first-order valence-electron chi connectivity index (χ1n) is 14.7. The Bertz CT molecular complexity index is 1340. The summed E-state index contributed by atoms with van der Waals surface area (Å²) in [5.74, 6) is 2.44. The molecule has 2 aliphatic heterocycles. The molecule has 2 aromatic carbocycles. The van der Waals surface area contributed by atoms with E-state index in [4.69, 9.17) is 42.1 Å². The van der Waals surface area contributed by atoms with Gasteiger partial charge >= 0.3 is 5.97 Å². The largest absolute Gasteiger partial charge is 0.496 e. The average Bonchev–Trinajstić information content (AvgIpc) is 3.40. The highest BCUT2D eigenvalue weighted by atomic mass is 35.5. The fraction of sp³-hybridized carbons (Fsp3) is 0.485. The normalized spacial score (nSPS) is 22.8. The number of esters is 1. The van der Waals surface area contributed by atoms with Crippen molar-refractivity contribution in [3.8, 4) is 17.2 Å². The van der Waals surface area contributed by atoms with Gasteiger partial charge in [-0.3, -0.25) is 4.79 Å². The second-order valence-electron chi connectivity index (χ2n) is 11.5. The van der Waals surface area contributed by atoms with Crippen LogP contribution in [-0.2, 0) is 16.1 Å². The number of piperidine rings is 1. The minimum absolute atomic E-state index is 0.0162. The van der Waals surface area contributed by atoms with E-state index in [0.29, 0.717) is 60.2 Å². The smallest absolute Gasteiger partial charge is 0.307 e. The third-order valence-corrected chi connectivity index (χ3v) is 9.14. The predicted molar refractivity (Wildman–Crippen MR) is 166 cm³/mol. The molecule has 1 aliphatic carbocycles. The Balaban J connectivity index is 1.24. The molecular formula is C33H40Cl2N2O5. The quantitative estimate of drug-likeness (QED) is 0.287. The number of halogens is 2. The van der Waals surface area contributed by atoms with Gasteiger partial charge in [0.15, 0.2) is 0 Å². The van der Waals surface area contributed by atoms with E-state index in [1.807, 2.05) is 24.3 Å². The Labute approximate surface area is 258 Å². The molecule has 226 valence electrons. The molecule has 0 amide bonds. The lowest BCUT2D eigenvalue weighted by atomic mass is 9.83. The van der Waals surface area contributed by atoms with Crippen LogP contribution in [0.2, 0.25) is 10.0 Å². The Kier molecular flexibility index (Phi) is 10.4. The van der Waals surface area contributed by atoms with Crippen LogP contribution in [0, 0.1) is 5.92 Å². The van der Waals surface area contributed by atoms with Crippen LogP contribution in [0.1, 0.15) is 49.7 Å². The number of benzene rings is 2. The highest BCUT2D eigenvalue weighted by Crippen LogP contribution is 2.41. The summed E-state index contributed by atoms with van der Waals surface area (Å²) in [5.41, 5.74) is 4.25. The lowest BCUT2D eigenvalue weighted by Gasteiger charge is -2.30. The van der Waals surface area contributed by atoms with E-state index in [9.17, 15) is 4.79 Å². The number of carbonyl (C=O) groups excluding carboxylic acids is 1. The summed E-state index contributed by atoms with van der Waals surface area (Å²) in [6.07, 6.45) is 7.91. The van der Waals surface area contributed by atoms with Gasteiger partial charge in [-0.15, -0.1) is 0 Å². The van der Waals surface area contributed by atoms with E-state index in [1.165, 1.54) is 18.4 Å². The number of cyclic esters (lactones) is 1. The fourth-order valence-electron chi connectivity index (χ4n) is 5.99. The topological polar surface area (TPSA) is 69.3 Å². The van der Waals surface area contributed by atoms with Crippen LogP contribution in [0.5, 0.6) is 17.2 Å². The van der Waals surface area contributed by atoms with Crippen LogP contribution in [-0.4, -0.2) is 64.0 Å². The van der Waals surface area contributed by atoms with Crippen LogP contribution in [0.3, 0.4) is 0 Å². The maximum atomic E-state index is 11.4. The van der Waals surface area contributed by atoms with Crippen molar-refractivity contribution < 1.29 is 23.7 Å². The molecule has 3 aliphatic rings. The average molecular weight is 616 g/mol. The molecule has 2 fully saturated rings. The minimum atomic E-state index is -0.184. The SMILES string of the molecule is COc1cc(OCC2=C(C)C(c3cccc(OCC4CCCN(C)C4)c3Cl)CC=C2)c(Cl)cc1CN[C@@H]1COC(=O)C1. The molecule has 0 saturated carbocycles. The van der Waals surface area contributed by atoms with Gasteiger partial charge in [-0.2, -0.15) is 0 Å². The Morgan fingerprint density at radius 1 is 1.14 bits per heavy atom. The molecule has 5 rings (SSSR count). The number of methoxy groups -OCH3 is 1. The summed E-state index contributed by atoms with van der Waals surface area (Å²) < 4.78 is 23.1. The second-order valence-corrected chi connectivity index (χ2v) is 12.3. The second kappa shape index (κ2) is 14.2. The third-order valence-electron chi connectivity index (χ3n) is 8.44. The number of nitrogens with one attached hydrogen (secondary N) is 1. The first-order valence-corrected chi connectivity index (χ1v) is 15.4. The molecule has 2 unspecified atom stereocenters. The summed E-state index contributed by atoms with van der Waals surface area (Å²) in [6, 6.07) is 9.74. The highest BCUT2D eigenvalue weighted by Gasteiger charge is 2.25. The van der Waals surface area contributed by atoms with Crippen molar-refractivity contribution in [3.05, 3.63) is 74.8 Å². The molecule has 2 saturated heterocycles. The lowest BCUT2D eigenvalue weighted by molar-refractivity contribution is -0.137. The summed E-state index contributed by atoms with van der Waals surface area (Å²) >= 11 is 13.6. The monoisotopic (exact) mass is 614 g/mol. The number of rotatable bonds is 11. The zero-order valence-electron chi connectivity index (χ0n) is 24.6. The van der Waals surface area contributed by atoms with Gasteiger partial charge in [0.05, 0.1) is 36.2 Å². The molecular weight excluding hydrogens is 575 g/mol. The van der Waals surface area contributed by atoms with Crippen molar-refractivity contribution >= 4 is 29.2 Å². The predicted octanol–water partition coefficient (Wildman–Crippen LogP) is 6.57. The van der Waals surface area contributed by atoms with Gasteiger partial charge < -0.3 is 29.2 Å². The van der Waals surface area contributed by atoms with Crippen molar-refractivity contribution in [2.24, 2.45) is 5.92 Å².